The molecule has 1 heterocycles. The first-order valence-electron chi connectivity index (χ1n) is 12.7. The van der Waals surface area contributed by atoms with Crippen molar-refractivity contribution in [1.29, 1.82) is 0 Å². The van der Waals surface area contributed by atoms with Crippen LogP contribution in [0.2, 0.25) is 0 Å². The van der Waals surface area contributed by atoms with E-state index in [4.69, 9.17) is 9.47 Å². The largest absolute Gasteiger partial charge is 0.494 e. The number of nitrogens with zero attached hydrogens (tertiary/aromatic N) is 1. The van der Waals surface area contributed by atoms with Crippen molar-refractivity contribution in [1.82, 2.24) is 4.98 Å². The van der Waals surface area contributed by atoms with Gasteiger partial charge >= 0.3 is 0 Å². The fourth-order valence-electron chi connectivity index (χ4n) is 3.66. The molecule has 4 heteroatoms. The minimum Gasteiger partial charge on any atom is -0.494 e. The molecule has 2 rings (SSSR count). The van der Waals surface area contributed by atoms with Gasteiger partial charge in [-0.1, -0.05) is 78.1 Å². The van der Waals surface area contributed by atoms with Crippen molar-refractivity contribution in [2.45, 2.75) is 97.1 Å². The van der Waals surface area contributed by atoms with E-state index in [9.17, 15) is 4.39 Å². The van der Waals surface area contributed by atoms with Gasteiger partial charge in [0.2, 0.25) is 0 Å². The summed E-state index contributed by atoms with van der Waals surface area (Å²) in [6.45, 7) is 5.18. The highest BCUT2D eigenvalue weighted by Gasteiger charge is 2.07. The normalized spacial score (nSPS) is 12.0. The van der Waals surface area contributed by atoms with Crippen LogP contribution in [0.15, 0.2) is 42.6 Å². The van der Waals surface area contributed by atoms with Gasteiger partial charge in [0.25, 0.3) is 0 Å². The van der Waals surface area contributed by atoms with E-state index in [-0.39, 0.29) is 6.61 Å². The number of alkyl halides is 1. The third-order valence-corrected chi connectivity index (χ3v) is 5.70. The van der Waals surface area contributed by atoms with E-state index in [1.54, 1.807) is 6.20 Å². The lowest BCUT2D eigenvalue weighted by Gasteiger charge is -2.10. The molecule has 0 bridgehead atoms. The summed E-state index contributed by atoms with van der Waals surface area (Å²) in [5.74, 6) is 1.50. The minimum absolute atomic E-state index is 0.0893. The molecular formula is C28H42FNO2. The van der Waals surface area contributed by atoms with E-state index >= 15 is 0 Å². The molecule has 0 aliphatic carbocycles. The van der Waals surface area contributed by atoms with E-state index in [0.29, 0.717) is 12.2 Å². The molecule has 32 heavy (non-hydrogen) atoms. The molecular weight excluding hydrogens is 401 g/mol. The van der Waals surface area contributed by atoms with Gasteiger partial charge < -0.3 is 9.47 Å². The van der Waals surface area contributed by atoms with Crippen molar-refractivity contribution in [2.24, 2.45) is 0 Å². The third-order valence-electron chi connectivity index (χ3n) is 5.70. The zero-order chi connectivity index (χ0) is 22.9. The summed E-state index contributed by atoms with van der Waals surface area (Å²) < 4.78 is 25.1. The number of rotatable bonds is 18. The zero-order valence-corrected chi connectivity index (χ0v) is 20.2. The summed E-state index contributed by atoms with van der Waals surface area (Å²) in [5.41, 5.74) is 1.89. The first-order valence-corrected chi connectivity index (χ1v) is 12.7. The van der Waals surface area contributed by atoms with Crippen molar-refractivity contribution in [3.05, 3.63) is 42.6 Å². The van der Waals surface area contributed by atoms with Gasteiger partial charge in [0, 0.05) is 5.56 Å². The van der Waals surface area contributed by atoms with Crippen LogP contribution in [0.1, 0.15) is 90.9 Å². The molecule has 178 valence electrons. The van der Waals surface area contributed by atoms with Crippen LogP contribution in [0, 0.1) is 0 Å². The average molecular weight is 444 g/mol. The van der Waals surface area contributed by atoms with Crippen LogP contribution in [-0.4, -0.2) is 24.4 Å². The molecule has 1 aromatic carbocycles. The molecule has 3 nitrogen and oxygen atoms in total. The van der Waals surface area contributed by atoms with Gasteiger partial charge in [-0.15, -0.1) is 0 Å². The minimum atomic E-state index is -0.919. The van der Waals surface area contributed by atoms with Gasteiger partial charge in [-0.3, -0.25) is 4.98 Å². The Hall–Kier alpha value is -2.10. The molecule has 1 unspecified atom stereocenters. The molecule has 0 saturated heterocycles. The first kappa shape index (κ1) is 26.2. The number of pyridine rings is 1. The second-order valence-electron chi connectivity index (χ2n) is 8.63. The summed E-state index contributed by atoms with van der Waals surface area (Å²) in [6, 6.07) is 11.8. The maximum absolute atomic E-state index is 13.7. The highest BCUT2D eigenvalue weighted by Crippen LogP contribution is 2.23. The maximum Gasteiger partial charge on any atom is 0.137 e. The average Bonchev–Trinajstić information content (AvgIpc) is 2.83. The molecule has 0 saturated carbocycles. The smallest absolute Gasteiger partial charge is 0.137 e. The van der Waals surface area contributed by atoms with Gasteiger partial charge in [-0.05, 0) is 49.2 Å². The van der Waals surface area contributed by atoms with Crippen LogP contribution in [0.4, 0.5) is 4.39 Å². The molecule has 0 spiro atoms. The SMILES string of the molecule is CCCCCCCCCCCOc1ccc(-c2ccc(OCC(F)CCCC)cn2)cc1. The maximum atomic E-state index is 13.7. The second-order valence-corrected chi connectivity index (χ2v) is 8.63. The van der Waals surface area contributed by atoms with Crippen LogP contribution >= 0.6 is 0 Å². The molecule has 2 aromatic rings. The number of hydrogen-bond donors (Lipinski definition) is 0. The van der Waals surface area contributed by atoms with Crippen molar-refractivity contribution >= 4 is 0 Å². The van der Waals surface area contributed by atoms with E-state index in [2.05, 4.69) is 18.8 Å². The summed E-state index contributed by atoms with van der Waals surface area (Å²) in [7, 11) is 0. The Kier molecular flexibility index (Phi) is 13.5. The Bertz CT molecular complexity index is 702. The number of benzene rings is 1. The Morgan fingerprint density at radius 3 is 1.97 bits per heavy atom. The first-order chi connectivity index (χ1) is 15.7. The molecule has 0 N–H and O–H groups in total. The molecule has 1 aromatic heterocycles. The second kappa shape index (κ2) is 16.5. The van der Waals surface area contributed by atoms with Crippen LogP contribution in [0.3, 0.4) is 0 Å². The summed E-state index contributed by atoms with van der Waals surface area (Å²) in [4.78, 5) is 4.46. The highest BCUT2D eigenvalue weighted by molar-refractivity contribution is 5.60. The summed E-state index contributed by atoms with van der Waals surface area (Å²) in [6.07, 6.45) is 15.0. The van der Waals surface area contributed by atoms with Gasteiger partial charge in [-0.25, -0.2) is 4.39 Å². The number of aromatic nitrogens is 1. The van der Waals surface area contributed by atoms with Crippen molar-refractivity contribution in [3.8, 4) is 22.8 Å². The lowest BCUT2D eigenvalue weighted by Crippen LogP contribution is -2.12. The van der Waals surface area contributed by atoms with Gasteiger partial charge in [0.05, 0.1) is 18.5 Å². The molecule has 0 amide bonds. The topological polar surface area (TPSA) is 31.4 Å². The predicted molar refractivity (Wildman–Crippen MR) is 132 cm³/mol. The Morgan fingerprint density at radius 1 is 0.719 bits per heavy atom. The van der Waals surface area contributed by atoms with E-state index in [1.807, 2.05) is 36.4 Å². The molecule has 0 aliphatic rings. The highest BCUT2D eigenvalue weighted by atomic mass is 19.1. The Labute approximate surface area is 194 Å². The number of unbranched alkanes of at least 4 members (excludes halogenated alkanes) is 9. The standard InChI is InChI=1S/C28H42FNO2/c1-3-5-7-8-9-10-11-12-13-21-31-26-17-15-24(16-18-26)28-20-19-27(22-30-28)32-23-25(29)14-6-4-2/h15-20,22,25H,3-14,21,23H2,1-2H3. The third kappa shape index (κ3) is 11.0. The van der Waals surface area contributed by atoms with Crippen molar-refractivity contribution in [2.75, 3.05) is 13.2 Å². The molecule has 0 aliphatic heterocycles. The van der Waals surface area contributed by atoms with Gasteiger partial charge in [-0.2, -0.15) is 0 Å². The summed E-state index contributed by atoms with van der Waals surface area (Å²) in [5, 5.41) is 0. The molecule has 0 radical (unpaired) electrons. The van der Waals surface area contributed by atoms with Crippen LogP contribution in [-0.2, 0) is 0 Å². The van der Waals surface area contributed by atoms with Gasteiger partial charge in [0.15, 0.2) is 0 Å². The van der Waals surface area contributed by atoms with Crippen LogP contribution in [0.5, 0.6) is 11.5 Å². The fraction of sp³-hybridized carbons (Fsp3) is 0.607. The lowest BCUT2D eigenvalue weighted by atomic mass is 10.1. The van der Waals surface area contributed by atoms with Crippen molar-refractivity contribution < 1.29 is 13.9 Å². The molecule has 1 atom stereocenters. The van der Waals surface area contributed by atoms with E-state index < -0.39 is 6.17 Å². The predicted octanol–water partition coefficient (Wildman–Crippen LogP) is 8.57. The van der Waals surface area contributed by atoms with Crippen LogP contribution in [0.25, 0.3) is 11.3 Å². The zero-order valence-electron chi connectivity index (χ0n) is 20.2. The van der Waals surface area contributed by atoms with E-state index in [0.717, 1.165) is 42.9 Å². The Balaban J connectivity index is 1.63. The Morgan fingerprint density at radius 2 is 1.34 bits per heavy atom. The van der Waals surface area contributed by atoms with E-state index in [1.165, 1.54) is 51.4 Å². The van der Waals surface area contributed by atoms with Crippen molar-refractivity contribution in [3.63, 3.8) is 0 Å². The number of ether oxygens (including phenoxy) is 2. The number of halogens is 1. The van der Waals surface area contributed by atoms with Crippen LogP contribution < -0.4 is 9.47 Å². The lowest BCUT2D eigenvalue weighted by molar-refractivity contribution is 0.184. The summed E-state index contributed by atoms with van der Waals surface area (Å²) >= 11 is 0. The van der Waals surface area contributed by atoms with Gasteiger partial charge in [0.1, 0.15) is 24.3 Å². The quantitative estimate of drug-likeness (QED) is 0.216. The number of hydrogen-bond acceptors (Lipinski definition) is 3. The monoisotopic (exact) mass is 443 g/mol. The fourth-order valence-corrected chi connectivity index (χ4v) is 3.66. The molecule has 0 fully saturated rings.